The van der Waals surface area contributed by atoms with Gasteiger partial charge >= 0.3 is 6.03 Å². The van der Waals surface area contributed by atoms with Gasteiger partial charge in [0, 0.05) is 30.2 Å². The number of nitrogens with one attached hydrogen (secondary N) is 2. The van der Waals surface area contributed by atoms with Gasteiger partial charge in [-0.3, -0.25) is 4.98 Å². The quantitative estimate of drug-likeness (QED) is 0.871. The van der Waals surface area contributed by atoms with E-state index >= 15 is 0 Å². The molecule has 0 radical (unpaired) electrons. The number of carbonyl (C=O) groups is 1. The molecular formula is C15H25N3O2. The molecule has 0 spiro atoms. The van der Waals surface area contributed by atoms with Crippen LogP contribution in [0.1, 0.15) is 38.6 Å². The molecular weight excluding hydrogens is 254 g/mol. The molecule has 0 aromatic carbocycles. The number of aryl methyl sites for hydroxylation is 2. The molecule has 0 aliphatic heterocycles. The molecule has 0 unspecified atom stereocenters. The first-order chi connectivity index (χ1) is 9.21. The van der Waals surface area contributed by atoms with Crippen molar-refractivity contribution in [2.75, 3.05) is 12.4 Å². The van der Waals surface area contributed by atoms with Gasteiger partial charge in [-0.2, -0.15) is 0 Å². The zero-order chi connectivity index (χ0) is 15.3. The van der Waals surface area contributed by atoms with Gasteiger partial charge < -0.3 is 15.4 Å². The molecule has 5 heteroatoms. The summed E-state index contributed by atoms with van der Waals surface area (Å²) in [5.74, 6) is 0. The van der Waals surface area contributed by atoms with Gasteiger partial charge in [0.05, 0.1) is 5.60 Å². The van der Waals surface area contributed by atoms with Crippen LogP contribution in [0.2, 0.25) is 0 Å². The first-order valence-corrected chi connectivity index (χ1v) is 6.80. The van der Waals surface area contributed by atoms with E-state index in [0.29, 0.717) is 0 Å². The second-order valence-corrected chi connectivity index (χ2v) is 5.81. The zero-order valence-corrected chi connectivity index (χ0v) is 13.2. The number of ether oxygens (including phenoxy) is 1. The Morgan fingerprint density at radius 3 is 2.40 bits per heavy atom. The van der Waals surface area contributed by atoms with E-state index in [-0.39, 0.29) is 17.7 Å². The first-order valence-electron chi connectivity index (χ1n) is 6.80. The van der Waals surface area contributed by atoms with Crippen molar-refractivity contribution in [1.82, 2.24) is 10.3 Å². The molecule has 0 aliphatic rings. The fourth-order valence-corrected chi connectivity index (χ4v) is 2.17. The van der Waals surface area contributed by atoms with Crippen molar-refractivity contribution in [2.45, 2.75) is 52.7 Å². The van der Waals surface area contributed by atoms with E-state index in [2.05, 4.69) is 15.6 Å². The Hall–Kier alpha value is -1.62. The molecule has 5 nitrogen and oxygen atoms in total. The van der Waals surface area contributed by atoms with Gasteiger partial charge in [-0.15, -0.1) is 0 Å². The van der Waals surface area contributed by atoms with Crippen LogP contribution in [-0.4, -0.2) is 29.8 Å². The Morgan fingerprint density at radius 1 is 1.35 bits per heavy atom. The van der Waals surface area contributed by atoms with Crippen LogP contribution in [0.5, 0.6) is 0 Å². The average molecular weight is 279 g/mol. The summed E-state index contributed by atoms with van der Waals surface area (Å²) in [6, 6.07) is 3.50. The largest absolute Gasteiger partial charge is 0.379 e. The summed E-state index contributed by atoms with van der Waals surface area (Å²) in [6.45, 7) is 9.76. The normalized spacial score (nSPS) is 12.9. The third kappa shape index (κ3) is 5.57. The standard InChI is InChI=1S/C15H25N3O2/c1-10-7-13(8-11(2)16-10)18-14(19)17-12(3)9-15(4,5)20-6/h7-8,12H,9H2,1-6H3,(H2,16,17,18,19)/t12-/m1/s1. The van der Waals surface area contributed by atoms with Gasteiger partial charge in [-0.1, -0.05) is 0 Å². The maximum absolute atomic E-state index is 11.9. The van der Waals surface area contributed by atoms with Crippen molar-refractivity contribution in [2.24, 2.45) is 0 Å². The van der Waals surface area contributed by atoms with Crippen LogP contribution in [0.25, 0.3) is 0 Å². The maximum Gasteiger partial charge on any atom is 0.319 e. The lowest BCUT2D eigenvalue weighted by atomic mass is 10.00. The van der Waals surface area contributed by atoms with Crippen LogP contribution in [0.15, 0.2) is 12.1 Å². The first kappa shape index (κ1) is 16.4. The summed E-state index contributed by atoms with van der Waals surface area (Å²) in [5, 5.41) is 5.73. The average Bonchev–Trinajstić information content (AvgIpc) is 2.25. The van der Waals surface area contributed by atoms with E-state index in [9.17, 15) is 4.79 Å². The molecule has 2 N–H and O–H groups in total. The number of aromatic nitrogens is 1. The molecule has 0 aliphatic carbocycles. The van der Waals surface area contributed by atoms with Crippen LogP contribution >= 0.6 is 0 Å². The number of pyridine rings is 1. The van der Waals surface area contributed by atoms with Crippen LogP contribution < -0.4 is 10.6 Å². The highest BCUT2D eigenvalue weighted by Crippen LogP contribution is 2.15. The summed E-state index contributed by atoms with van der Waals surface area (Å²) < 4.78 is 5.36. The molecule has 1 aromatic rings. The van der Waals surface area contributed by atoms with Crippen molar-refractivity contribution in [3.8, 4) is 0 Å². The van der Waals surface area contributed by atoms with Gasteiger partial charge in [0.15, 0.2) is 0 Å². The number of hydrogen-bond acceptors (Lipinski definition) is 3. The lowest BCUT2D eigenvalue weighted by Crippen LogP contribution is -2.41. The smallest absolute Gasteiger partial charge is 0.319 e. The second-order valence-electron chi connectivity index (χ2n) is 5.81. The minimum absolute atomic E-state index is 0.0222. The summed E-state index contributed by atoms with van der Waals surface area (Å²) in [5.41, 5.74) is 2.27. The molecule has 1 atom stereocenters. The Bertz CT molecular complexity index is 452. The zero-order valence-electron chi connectivity index (χ0n) is 13.2. The van der Waals surface area contributed by atoms with E-state index in [1.807, 2.05) is 46.8 Å². The highest BCUT2D eigenvalue weighted by molar-refractivity contribution is 5.89. The predicted molar refractivity (Wildman–Crippen MR) is 81.0 cm³/mol. The molecule has 0 bridgehead atoms. The number of hydrogen-bond donors (Lipinski definition) is 2. The lowest BCUT2D eigenvalue weighted by molar-refractivity contribution is 0.00963. The number of rotatable bonds is 5. The minimum atomic E-state index is -0.253. The van der Waals surface area contributed by atoms with Crippen molar-refractivity contribution in [3.63, 3.8) is 0 Å². The van der Waals surface area contributed by atoms with Crippen LogP contribution in [0, 0.1) is 13.8 Å². The van der Waals surface area contributed by atoms with Crippen molar-refractivity contribution in [3.05, 3.63) is 23.5 Å². The summed E-state index contributed by atoms with van der Waals surface area (Å²) >= 11 is 0. The van der Waals surface area contributed by atoms with Crippen molar-refractivity contribution < 1.29 is 9.53 Å². The third-order valence-electron chi connectivity index (χ3n) is 3.07. The van der Waals surface area contributed by atoms with Crippen LogP contribution in [0.4, 0.5) is 10.5 Å². The van der Waals surface area contributed by atoms with Crippen LogP contribution in [0.3, 0.4) is 0 Å². The number of carbonyl (C=O) groups excluding carboxylic acids is 1. The van der Waals surface area contributed by atoms with Gasteiger partial charge in [0.1, 0.15) is 0 Å². The number of nitrogens with zero attached hydrogens (tertiary/aromatic N) is 1. The molecule has 1 rings (SSSR count). The molecule has 1 heterocycles. The van der Waals surface area contributed by atoms with E-state index in [1.165, 1.54) is 0 Å². The fourth-order valence-electron chi connectivity index (χ4n) is 2.17. The highest BCUT2D eigenvalue weighted by Gasteiger charge is 2.21. The third-order valence-corrected chi connectivity index (χ3v) is 3.07. The van der Waals surface area contributed by atoms with Crippen molar-refractivity contribution >= 4 is 11.7 Å². The molecule has 20 heavy (non-hydrogen) atoms. The highest BCUT2D eigenvalue weighted by atomic mass is 16.5. The lowest BCUT2D eigenvalue weighted by Gasteiger charge is -2.27. The number of amides is 2. The summed E-state index contributed by atoms with van der Waals surface area (Å²) in [6.07, 6.45) is 0.741. The predicted octanol–water partition coefficient (Wildman–Crippen LogP) is 3.02. The van der Waals surface area contributed by atoms with Gasteiger partial charge in [-0.25, -0.2) is 4.79 Å². The molecule has 112 valence electrons. The molecule has 0 saturated carbocycles. The van der Waals surface area contributed by atoms with E-state index in [1.54, 1.807) is 7.11 Å². The molecule has 2 amide bonds. The van der Waals surface area contributed by atoms with E-state index < -0.39 is 0 Å². The SMILES string of the molecule is COC(C)(C)C[C@@H](C)NC(=O)Nc1cc(C)nc(C)c1. The Morgan fingerprint density at radius 2 is 1.90 bits per heavy atom. The van der Waals surface area contributed by atoms with E-state index in [4.69, 9.17) is 4.74 Å². The second kappa shape index (κ2) is 6.70. The van der Waals surface area contributed by atoms with Crippen molar-refractivity contribution in [1.29, 1.82) is 0 Å². The van der Waals surface area contributed by atoms with Gasteiger partial charge in [0.2, 0.25) is 0 Å². The van der Waals surface area contributed by atoms with Crippen LogP contribution in [-0.2, 0) is 4.74 Å². The topological polar surface area (TPSA) is 63.2 Å². The van der Waals surface area contributed by atoms with Gasteiger partial charge in [0.25, 0.3) is 0 Å². The summed E-state index contributed by atoms with van der Waals surface area (Å²) in [7, 11) is 1.68. The monoisotopic (exact) mass is 279 g/mol. The molecule has 1 aromatic heterocycles. The Labute approximate surface area is 121 Å². The maximum atomic E-state index is 11.9. The number of methoxy groups -OCH3 is 1. The minimum Gasteiger partial charge on any atom is -0.379 e. The van der Waals surface area contributed by atoms with E-state index in [0.717, 1.165) is 23.5 Å². The van der Waals surface area contributed by atoms with Gasteiger partial charge in [-0.05, 0) is 53.2 Å². The Kier molecular flexibility index (Phi) is 5.51. The number of anilines is 1. The fraction of sp³-hybridized carbons (Fsp3) is 0.600. The Balaban J connectivity index is 2.55. The molecule has 0 fully saturated rings. The molecule has 0 saturated heterocycles. The summed E-state index contributed by atoms with van der Waals surface area (Å²) in [4.78, 5) is 16.2. The number of urea groups is 1.